The van der Waals surface area contributed by atoms with Crippen molar-refractivity contribution in [2.45, 2.75) is 24.2 Å². The molecule has 2 N–H and O–H groups in total. The maximum absolute atomic E-state index is 8.37. The summed E-state index contributed by atoms with van der Waals surface area (Å²) in [7, 11) is 0. The monoisotopic (exact) mass is 240 g/mol. The van der Waals surface area contributed by atoms with Gasteiger partial charge in [-0.05, 0) is 36.8 Å². The number of halogens is 1. The Hall–Kier alpha value is -0.850. The highest BCUT2D eigenvalue weighted by molar-refractivity contribution is 7.99. The first-order chi connectivity index (χ1) is 7.24. The minimum absolute atomic E-state index is 0.631. The smallest absolute Gasteiger partial charge is 0.0621 e. The fraction of sp³-hybridized carbons (Fsp3) is 0.364. The van der Waals surface area contributed by atoms with Crippen molar-refractivity contribution in [2.75, 3.05) is 11.5 Å². The molecule has 0 amide bonds. The van der Waals surface area contributed by atoms with E-state index in [1.165, 1.54) is 0 Å². The Labute approximate surface area is 99.4 Å². The van der Waals surface area contributed by atoms with Crippen molar-refractivity contribution in [1.82, 2.24) is 0 Å². The van der Waals surface area contributed by atoms with E-state index in [0.29, 0.717) is 11.4 Å². The lowest BCUT2D eigenvalue weighted by molar-refractivity contribution is 0.830. The summed E-state index contributed by atoms with van der Waals surface area (Å²) in [6.45, 7) is 0. The molecule has 0 aliphatic rings. The van der Waals surface area contributed by atoms with Gasteiger partial charge in [0, 0.05) is 22.0 Å². The van der Waals surface area contributed by atoms with Gasteiger partial charge < -0.3 is 5.73 Å². The van der Waals surface area contributed by atoms with E-state index in [1.54, 1.807) is 17.8 Å². The summed E-state index contributed by atoms with van der Waals surface area (Å²) in [5.74, 6) is 0.978. The van der Waals surface area contributed by atoms with Gasteiger partial charge in [-0.1, -0.05) is 11.6 Å². The normalized spacial score (nSPS) is 9.87. The number of rotatable bonds is 5. The summed E-state index contributed by atoms with van der Waals surface area (Å²) in [6.07, 6.45) is 2.61. The number of anilines is 1. The van der Waals surface area contributed by atoms with Crippen LogP contribution in [0.4, 0.5) is 5.69 Å². The molecule has 4 heteroatoms. The van der Waals surface area contributed by atoms with Gasteiger partial charge in [-0.25, -0.2) is 0 Å². The molecule has 0 aliphatic heterocycles. The Morgan fingerprint density at radius 2 is 2.20 bits per heavy atom. The van der Waals surface area contributed by atoms with Crippen molar-refractivity contribution in [2.24, 2.45) is 0 Å². The third-order valence-electron chi connectivity index (χ3n) is 1.92. The van der Waals surface area contributed by atoms with Crippen LogP contribution in [0.15, 0.2) is 23.1 Å². The summed E-state index contributed by atoms with van der Waals surface area (Å²) < 4.78 is 0. The van der Waals surface area contributed by atoms with Gasteiger partial charge in [0.2, 0.25) is 0 Å². The van der Waals surface area contributed by atoms with E-state index < -0.39 is 0 Å². The van der Waals surface area contributed by atoms with Crippen molar-refractivity contribution in [1.29, 1.82) is 5.26 Å². The van der Waals surface area contributed by atoms with Crippen molar-refractivity contribution in [3.63, 3.8) is 0 Å². The minimum Gasteiger partial charge on any atom is -0.398 e. The average Bonchev–Trinajstić information content (AvgIpc) is 2.23. The Kier molecular flexibility index (Phi) is 5.38. The van der Waals surface area contributed by atoms with Crippen LogP contribution in [0.25, 0.3) is 0 Å². The van der Waals surface area contributed by atoms with Gasteiger partial charge >= 0.3 is 0 Å². The SMILES string of the molecule is N#CCCCCSc1cc(Cl)ccc1N. The number of nitriles is 1. The molecule has 80 valence electrons. The van der Waals surface area contributed by atoms with Gasteiger partial charge in [0.05, 0.1) is 6.07 Å². The predicted molar refractivity (Wildman–Crippen MR) is 66.1 cm³/mol. The van der Waals surface area contributed by atoms with Crippen LogP contribution in [0, 0.1) is 11.3 Å². The van der Waals surface area contributed by atoms with Gasteiger partial charge in [-0.3, -0.25) is 0 Å². The number of thioether (sulfide) groups is 1. The molecule has 0 aromatic heterocycles. The van der Waals surface area contributed by atoms with Gasteiger partial charge in [0.1, 0.15) is 0 Å². The molecule has 2 nitrogen and oxygen atoms in total. The molecular formula is C11H13ClN2S. The van der Waals surface area contributed by atoms with Crippen LogP contribution in [0.2, 0.25) is 5.02 Å². The molecule has 1 aromatic rings. The maximum atomic E-state index is 8.37. The van der Waals surface area contributed by atoms with Crippen LogP contribution < -0.4 is 5.73 Å². The number of nitrogens with zero attached hydrogens (tertiary/aromatic N) is 1. The van der Waals surface area contributed by atoms with Crippen LogP contribution in [0.5, 0.6) is 0 Å². The molecule has 0 saturated heterocycles. The maximum Gasteiger partial charge on any atom is 0.0621 e. The predicted octanol–water partition coefficient (Wildman–Crippen LogP) is 3.71. The highest BCUT2D eigenvalue weighted by Gasteiger charge is 2.00. The molecular weight excluding hydrogens is 228 g/mol. The molecule has 0 spiro atoms. The van der Waals surface area contributed by atoms with Crippen LogP contribution >= 0.6 is 23.4 Å². The highest BCUT2D eigenvalue weighted by Crippen LogP contribution is 2.28. The number of unbranched alkanes of at least 4 members (excludes halogenated alkanes) is 2. The molecule has 0 saturated carbocycles. The first-order valence-electron chi connectivity index (χ1n) is 4.79. The van der Waals surface area contributed by atoms with E-state index in [1.807, 2.05) is 12.1 Å². The average molecular weight is 241 g/mol. The van der Waals surface area contributed by atoms with E-state index in [0.717, 1.165) is 29.2 Å². The second kappa shape index (κ2) is 6.60. The molecule has 0 bridgehead atoms. The molecule has 0 atom stereocenters. The van der Waals surface area contributed by atoms with Gasteiger partial charge in [0.15, 0.2) is 0 Å². The molecule has 0 fully saturated rings. The summed E-state index contributed by atoms with van der Waals surface area (Å²) >= 11 is 7.56. The van der Waals surface area contributed by atoms with Crippen molar-refractivity contribution in [3.05, 3.63) is 23.2 Å². The van der Waals surface area contributed by atoms with Crippen LogP contribution in [-0.4, -0.2) is 5.75 Å². The number of hydrogen-bond donors (Lipinski definition) is 1. The zero-order valence-electron chi connectivity index (χ0n) is 8.37. The van der Waals surface area contributed by atoms with Crippen molar-refractivity contribution < 1.29 is 0 Å². The minimum atomic E-state index is 0.631. The summed E-state index contributed by atoms with van der Waals surface area (Å²) in [6, 6.07) is 7.62. The largest absolute Gasteiger partial charge is 0.398 e. The van der Waals surface area contributed by atoms with Crippen LogP contribution in [0.1, 0.15) is 19.3 Å². The van der Waals surface area contributed by atoms with E-state index in [2.05, 4.69) is 6.07 Å². The third kappa shape index (κ3) is 4.46. The molecule has 0 unspecified atom stereocenters. The molecule has 0 heterocycles. The summed E-state index contributed by atoms with van der Waals surface area (Å²) in [5, 5.41) is 9.08. The second-order valence-electron chi connectivity index (χ2n) is 3.15. The lowest BCUT2D eigenvalue weighted by atomic mass is 10.3. The van der Waals surface area contributed by atoms with Gasteiger partial charge in [0.25, 0.3) is 0 Å². The van der Waals surface area contributed by atoms with Crippen molar-refractivity contribution >= 4 is 29.1 Å². The Morgan fingerprint density at radius 1 is 1.40 bits per heavy atom. The highest BCUT2D eigenvalue weighted by atomic mass is 35.5. The summed E-state index contributed by atoms with van der Waals surface area (Å²) in [4.78, 5) is 1.03. The molecule has 1 aromatic carbocycles. The zero-order chi connectivity index (χ0) is 11.1. The van der Waals surface area contributed by atoms with Crippen LogP contribution in [-0.2, 0) is 0 Å². The lowest BCUT2D eigenvalue weighted by Gasteiger charge is -2.04. The molecule has 0 radical (unpaired) electrons. The topological polar surface area (TPSA) is 49.8 Å². The number of hydrogen-bond acceptors (Lipinski definition) is 3. The number of nitrogens with two attached hydrogens (primary N) is 1. The van der Waals surface area contributed by atoms with Gasteiger partial charge in [-0.2, -0.15) is 5.26 Å². The Balaban J connectivity index is 2.37. The second-order valence-corrected chi connectivity index (χ2v) is 4.72. The molecule has 15 heavy (non-hydrogen) atoms. The number of benzene rings is 1. The molecule has 0 aliphatic carbocycles. The van der Waals surface area contributed by atoms with Gasteiger partial charge in [-0.15, -0.1) is 11.8 Å². The fourth-order valence-corrected chi connectivity index (χ4v) is 2.37. The quantitative estimate of drug-likeness (QED) is 0.485. The fourth-order valence-electron chi connectivity index (χ4n) is 1.12. The first-order valence-corrected chi connectivity index (χ1v) is 6.15. The van der Waals surface area contributed by atoms with Crippen molar-refractivity contribution in [3.8, 4) is 6.07 Å². The zero-order valence-corrected chi connectivity index (χ0v) is 9.94. The lowest BCUT2D eigenvalue weighted by Crippen LogP contribution is -1.89. The standard InChI is InChI=1S/C11H13ClN2S/c12-9-4-5-10(14)11(8-9)15-7-3-1-2-6-13/h4-5,8H,1-3,7,14H2. The number of nitrogen functional groups attached to an aromatic ring is 1. The van der Waals surface area contributed by atoms with E-state index in [9.17, 15) is 0 Å². The van der Waals surface area contributed by atoms with E-state index in [4.69, 9.17) is 22.6 Å². The summed E-state index contributed by atoms with van der Waals surface area (Å²) in [5.41, 5.74) is 6.57. The van der Waals surface area contributed by atoms with E-state index >= 15 is 0 Å². The third-order valence-corrected chi connectivity index (χ3v) is 3.31. The molecule has 1 rings (SSSR count). The Morgan fingerprint density at radius 3 is 2.93 bits per heavy atom. The van der Waals surface area contributed by atoms with E-state index in [-0.39, 0.29) is 0 Å². The first kappa shape index (κ1) is 12.2. The van der Waals surface area contributed by atoms with Crippen LogP contribution in [0.3, 0.4) is 0 Å². The Bertz CT molecular complexity index is 360.